The second kappa shape index (κ2) is 32.4. The van der Waals surface area contributed by atoms with Crippen LogP contribution in [0.4, 0.5) is 0 Å². The topological polar surface area (TPSA) is 0 Å². The van der Waals surface area contributed by atoms with E-state index >= 15 is 0 Å². The molecule has 12 aromatic rings. The summed E-state index contributed by atoms with van der Waals surface area (Å²) in [7, 11) is 2.17. The van der Waals surface area contributed by atoms with E-state index in [1.807, 2.05) is 0 Å². The molecule has 0 heterocycles. The first-order valence-electron chi connectivity index (χ1n) is 24.2. The van der Waals surface area contributed by atoms with Crippen molar-refractivity contribution >= 4 is 62.1 Å². The Morgan fingerprint density at radius 3 is 0.608 bits per heavy atom. The van der Waals surface area contributed by atoms with Crippen LogP contribution in [0.2, 0.25) is 26.2 Å². The van der Waals surface area contributed by atoms with Gasteiger partial charge < -0.3 is 24.8 Å². The molecule has 74 heavy (non-hydrogen) atoms. The largest absolute Gasteiger partial charge is 3.00 e. The minimum Gasteiger partial charge on any atom is -1.00 e. The van der Waals surface area contributed by atoms with Crippen LogP contribution in [0.3, 0.4) is 0 Å². The van der Waals surface area contributed by atoms with Crippen molar-refractivity contribution < 1.29 is 77.2 Å². The molecule has 0 bridgehead atoms. The molecule has 12 aromatic carbocycles. The Bertz CT molecular complexity index is 3000. The zero-order chi connectivity index (χ0) is 49.2. The Labute approximate surface area is 497 Å². The first kappa shape index (κ1) is 63.3. The summed E-state index contributed by atoms with van der Waals surface area (Å²) in [5.41, 5.74) is 15.8. The Kier molecular flexibility index (Phi) is 27.7. The van der Waals surface area contributed by atoms with Gasteiger partial charge in [0.05, 0.1) is 0 Å². The summed E-state index contributed by atoms with van der Waals surface area (Å²) in [5, 5.41) is 10.7. The van der Waals surface area contributed by atoms with Gasteiger partial charge in [-0.05, 0) is 22.3 Å². The predicted octanol–water partition coefficient (Wildman–Crippen LogP) is 13.7. The number of rotatable bonds is 4. The van der Waals surface area contributed by atoms with Gasteiger partial charge in [0.1, 0.15) is 0 Å². The van der Waals surface area contributed by atoms with Crippen molar-refractivity contribution in [2.45, 2.75) is 53.9 Å². The van der Waals surface area contributed by atoms with E-state index in [1.165, 1.54) is 110 Å². The smallest absolute Gasteiger partial charge is 1.00 e. The van der Waals surface area contributed by atoms with Crippen LogP contribution < -0.4 is 24.8 Å². The van der Waals surface area contributed by atoms with Gasteiger partial charge in [0.15, 0.2) is 0 Å². The van der Waals surface area contributed by atoms with Gasteiger partial charge in [0.2, 0.25) is 0 Å². The fourth-order valence-corrected chi connectivity index (χ4v) is 9.02. The standard InChI is InChI=1S/4C16H13.2C2H6Si.2ClH.2Zr/c4*1-12-10-14-8-5-9-15(16(14)11-12)13-6-3-2-4-7-13;2*1-3-2;;;;/h4*2-11H,1H3;2*1-2H3;2*1H;;/q4*-1;;;;;2*+3/p-2. The maximum absolute atomic E-state index is 2.26. The summed E-state index contributed by atoms with van der Waals surface area (Å²) in [6, 6.07) is 86.2. The predicted molar refractivity (Wildman–Crippen MR) is 314 cm³/mol. The van der Waals surface area contributed by atoms with Crippen LogP contribution >= 0.6 is 0 Å². The van der Waals surface area contributed by atoms with E-state index in [-0.39, 0.29) is 77.2 Å². The van der Waals surface area contributed by atoms with E-state index in [4.69, 9.17) is 0 Å². The van der Waals surface area contributed by atoms with E-state index in [0.29, 0.717) is 0 Å². The Balaban J connectivity index is 0.000000247. The third-order valence-corrected chi connectivity index (χ3v) is 11.9. The van der Waals surface area contributed by atoms with Crippen molar-refractivity contribution in [1.82, 2.24) is 0 Å². The van der Waals surface area contributed by atoms with E-state index in [9.17, 15) is 0 Å². The third-order valence-electron chi connectivity index (χ3n) is 11.9. The van der Waals surface area contributed by atoms with Crippen LogP contribution in [0.25, 0.3) is 87.6 Å². The molecule has 0 spiro atoms. The van der Waals surface area contributed by atoms with Crippen molar-refractivity contribution in [3.05, 3.63) is 265 Å². The second-order valence-electron chi connectivity index (χ2n) is 17.8. The first-order chi connectivity index (χ1) is 34.2. The van der Waals surface area contributed by atoms with Gasteiger partial charge in [0.25, 0.3) is 0 Å². The number of fused-ring (bicyclic) bond motifs is 4. The van der Waals surface area contributed by atoms with Crippen LogP contribution in [0.15, 0.2) is 243 Å². The van der Waals surface area contributed by atoms with Crippen molar-refractivity contribution in [3.63, 3.8) is 0 Å². The summed E-state index contributed by atoms with van der Waals surface area (Å²) in [4.78, 5) is 0. The molecule has 0 aliphatic carbocycles. The van der Waals surface area contributed by atoms with Gasteiger partial charge in [-0.1, -0.05) is 222 Å². The molecule has 366 valence electrons. The number of benzene rings is 8. The van der Waals surface area contributed by atoms with Crippen LogP contribution in [-0.4, -0.2) is 19.0 Å². The van der Waals surface area contributed by atoms with Gasteiger partial charge in [-0.25, -0.2) is 0 Å². The van der Waals surface area contributed by atoms with Crippen molar-refractivity contribution in [2.24, 2.45) is 0 Å². The van der Waals surface area contributed by atoms with Crippen LogP contribution in [0, 0.1) is 27.7 Å². The summed E-state index contributed by atoms with van der Waals surface area (Å²) in [6.45, 7) is 17.2. The van der Waals surface area contributed by atoms with E-state index in [2.05, 4.69) is 297 Å². The van der Waals surface area contributed by atoms with Gasteiger partial charge in [-0.3, -0.25) is 0 Å². The van der Waals surface area contributed by atoms with Crippen LogP contribution in [-0.2, 0) is 52.4 Å². The SMILES string of the molecule is C[Si]C.C[Si]C.Cc1cc2c(-c3ccccc3)cccc2[cH-]1.Cc1cc2c(-c3ccccc3)cccc2[cH-]1.Cc1cc2c(-c3ccccc3)cccc2[cH-]1.Cc1cc2c(-c3ccccc3)cccc2[cH-]1.[Cl-].[Cl-].[Zr+3].[Zr+3]. The summed E-state index contributed by atoms with van der Waals surface area (Å²) in [5.74, 6) is 0. The molecular weight excluding hydrogens is 1130 g/mol. The Morgan fingerprint density at radius 2 is 0.432 bits per heavy atom. The molecule has 0 aliphatic heterocycles. The maximum Gasteiger partial charge on any atom is 3.00 e. The summed E-state index contributed by atoms with van der Waals surface area (Å²) < 4.78 is 0. The summed E-state index contributed by atoms with van der Waals surface area (Å²) >= 11 is 0. The zero-order valence-corrected chi connectivity index (χ0v) is 52.3. The normalized spacial score (nSPS) is 9.84. The fourth-order valence-electron chi connectivity index (χ4n) is 9.02. The van der Waals surface area contributed by atoms with Crippen LogP contribution in [0.1, 0.15) is 22.3 Å². The van der Waals surface area contributed by atoms with E-state index < -0.39 is 0 Å². The molecule has 6 heteroatoms. The second-order valence-corrected chi connectivity index (χ2v) is 19.8. The average molecular weight is 1190 g/mol. The molecule has 0 N–H and O–H groups in total. The minimum atomic E-state index is 0. The van der Waals surface area contributed by atoms with Gasteiger partial charge in [-0.2, -0.15) is 24.3 Å². The van der Waals surface area contributed by atoms with Gasteiger partial charge in [0, 0.05) is 19.0 Å². The molecule has 12 rings (SSSR count). The van der Waals surface area contributed by atoms with Crippen LogP contribution in [0.5, 0.6) is 0 Å². The Hall–Kier alpha value is -5.02. The quantitative estimate of drug-likeness (QED) is 0.122. The number of halogens is 2. The molecule has 0 amide bonds. The minimum absolute atomic E-state index is 0. The summed E-state index contributed by atoms with van der Waals surface area (Å²) in [6.07, 6.45) is 0. The van der Waals surface area contributed by atoms with Crippen molar-refractivity contribution in [2.75, 3.05) is 0 Å². The molecule has 0 nitrogen and oxygen atoms in total. The first-order valence-corrected chi connectivity index (χ1v) is 28.2. The third kappa shape index (κ3) is 17.0. The molecule has 6 radical (unpaired) electrons. The molecule has 0 atom stereocenters. The van der Waals surface area contributed by atoms with Gasteiger partial charge >= 0.3 is 52.4 Å². The molecular formula is C68H64Cl2Si2Zr2. The van der Waals surface area contributed by atoms with Gasteiger partial charge in [-0.15, -0.1) is 138 Å². The number of aryl methyl sites for hydroxylation is 4. The molecule has 0 aliphatic rings. The zero-order valence-electron chi connectivity index (χ0n) is 43.8. The fraction of sp³-hybridized carbons (Fsp3) is 0.118. The molecule has 0 fully saturated rings. The number of hydrogen-bond acceptors (Lipinski definition) is 0. The molecule has 0 unspecified atom stereocenters. The number of hydrogen-bond donors (Lipinski definition) is 0. The maximum atomic E-state index is 2.26. The van der Waals surface area contributed by atoms with Crippen molar-refractivity contribution in [1.29, 1.82) is 0 Å². The average Bonchev–Trinajstić information content (AvgIpc) is 4.18. The van der Waals surface area contributed by atoms with E-state index in [1.54, 1.807) is 0 Å². The molecule has 0 saturated carbocycles. The monoisotopic (exact) mass is 1190 g/mol. The molecule has 0 saturated heterocycles. The Morgan fingerprint density at radius 1 is 0.257 bits per heavy atom. The van der Waals surface area contributed by atoms with E-state index in [0.717, 1.165) is 19.0 Å². The van der Waals surface area contributed by atoms with Crippen molar-refractivity contribution in [3.8, 4) is 44.5 Å². The molecule has 0 aromatic heterocycles.